The highest BCUT2D eigenvalue weighted by molar-refractivity contribution is 7.26. The van der Waals surface area contributed by atoms with Crippen LogP contribution in [0.3, 0.4) is 0 Å². The van der Waals surface area contributed by atoms with E-state index in [4.69, 9.17) is 0 Å². The van der Waals surface area contributed by atoms with E-state index in [2.05, 4.69) is 181 Å². The van der Waals surface area contributed by atoms with Gasteiger partial charge in [-0.2, -0.15) is 0 Å². The monoisotopic (exact) mass is 659 g/mol. The van der Waals surface area contributed by atoms with Crippen LogP contribution in [-0.4, -0.2) is 0 Å². The lowest BCUT2D eigenvalue weighted by Crippen LogP contribution is -2.12. The van der Waals surface area contributed by atoms with Gasteiger partial charge in [-0.1, -0.05) is 133 Å². The van der Waals surface area contributed by atoms with Crippen LogP contribution in [0.2, 0.25) is 0 Å². The molecule has 0 bridgehead atoms. The van der Waals surface area contributed by atoms with E-state index >= 15 is 0 Å². The van der Waals surface area contributed by atoms with Gasteiger partial charge in [0.25, 0.3) is 0 Å². The van der Waals surface area contributed by atoms with E-state index in [1.54, 1.807) is 0 Å². The largest absolute Gasteiger partial charge is 0.309 e. The molecule has 0 radical (unpaired) electrons. The first-order valence-electron chi connectivity index (χ1n) is 16.6. The Kier molecular flexibility index (Phi) is 6.61. The highest BCUT2D eigenvalue weighted by atomic mass is 32.1. The lowest BCUT2D eigenvalue weighted by molar-refractivity contribution is 1.31. The molecule has 0 saturated carbocycles. The molecular formula is C46H29NS2. The Bertz CT molecular complexity index is 2840. The summed E-state index contributed by atoms with van der Waals surface area (Å²) < 4.78 is 5.20. The molecule has 0 N–H and O–H groups in total. The maximum Gasteiger partial charge on any atom is 0.0555 e. The van der Waals surface area contributed by atoms with Crippen LogP contribution in [0.15, 0.2) is 176 Å². The smallest absolute Gasteiger partial charge is 0.0555 e. The average Bonchev–Trinajstić information content (AvgIpc) is 3.74. The third kappa shape index (κ3) is 4.66. The van der Waals surface area contributed by atoms with Crippen LogP contribution >= 0.6 is 22.7 Å². The van der Waals surface area contributed by atoms with Crippen molar-refractivity contribution in [3.05, 3.63) is 176 Å². The average molecular weight is 660 g/mol. The molecule has 0 aliphatic carbocycles. The first-order chi connectivity index (χ1) is 24.3. The number of hydrogen-bond acceptors (Lipinski definition) is 3. The lowest BCUT2D eigenvalue weighted by atomic mass is 9.94. The van der Waals surface area contributed by atoms with Gasteiger partial charge in [0.1, 0.15) is 0 Å². The normalized spacial score (nSPS) is 11.7. The van der Waals surface area contributed by atoms with E-state index in [1.807, 2.05) is 22.7 Å². The second-order valence-electron chi connectivity index (χ2n) is 12.5. The van der Waals surface area contributed by atoms with Crippen molar-refractivity contribution in [2.75, 3.05) is 4.90 Å². The zero-order valence-electron chi connectivity index (χ0n) is 26.5. The van der Waals surface area contributed by atoms with Gasteiger partial charge < -0.3 is 4.90 Å². The van der Waals surface area contributed by atoms with E-state index in [9.17, 15) is 0 Å². The van der Waals surface area contributed by atoms with Crippen LogP contribution in [-0.2, 0) is 0 Å². The summed E-state index contributed by atoms with van der Waals surface area (Å²) in [4.78, 5) is 2.52. The second kappa shape index (κ2) is 11.5. The van der Waals surface area contributed by atoms with Crippen molar-refractivity contribution in [1.82, 2.24) is 0 Å². The SMILES string of the molecule is c1ccc(-c2ccc(-c3cccc4ccccc34)cc2N(c2ccc3c(c2)sc2ccccc23)c2cccc3sc4ccccc4c23)cc1. The molecule has 8 aromatic carbocycles. The van der Waals surface area contributed by atoms with Gasteiger partial charge in [0, 0.05) is 51.6 Å². The van der Waals surface area contributed by atoms with E-state index in [-0.39, 0.29) is 0 Å². The Morgan fingerprint density at radius 3 is 1.88 bits per heavy atom. The third-order valence-corrected chi connectivity index (χ3v) is 11.9. The van der Waals surface area contributed by atoms with E-state index < -0.39 is 0 Å². The Hall–Kier alpha value is -5.74. The summed E-state index contributed by atoms with van der Waals surface area (Å²) in [7, 11) is 0. The van der Waals surface area contributed by atoms with Crippen LogP contribution in [0.25, 0.3) is 73.4 Å². The quantitative estimate of drug-likeness (QED) is 0.178. The molecule has 2 aromatic heterocycles. The molecule has 0 saturated heterocycles. The molecule has 49 heavy (non-hydrogen) atoms. The summed E-state index contributed by atoms with van der Waals surface area (Å²) in [6, 6.07) is 64.6. The third-order valence-electron chi connectivity index (χ3n) is 9.67. The fraction of sp³-hybridized carbons (Fsp3) is 0. The van der Waals surface area contributed by atoms with Gasteiger partial charge in [-0.25, -0.2) is 0 Å². The Balaban J connectivity index is 1.31. The molecule has 0 spiro atoms. The van der Waals surface area contributed by atoms with Crippen molar-refractivity contribution < 1.29 is 0 Å². The van der Waals surface area contributed by atoms with Gasteiger partial charge >= 0.3 is 0 Å². The van der Waals surface area contributed by atoms with E-state index in [0.29, 0.717) is 0 Å². The van der Waals surface area contributed by atoms with E-state index in [1.165, 1.54) is 79.1 Å². The number of anilines is 3. The van der Waals surface area contributed by atoms with Gasteiger partial charge in [-0.05, 0) is 69.9 Å². The molecule has 0 aliphatic heterocycles. The molecular weight excluding hydrogens is 631 g/mol. The molecule has 0 amide bonds. The molecule has 0 atom stereocenters. The fourth-order valence-corrected chi connectivity index (χ4v) is 9.69. The van der Waals surface area contributed by atoms with Gasteiger partial charge in [-0.3, -0.25) is 0 Å². The fourth-order valence-electron chi connectivity index (χ4n) is 7.43. The van der Waals surface area contributed by atoms with Crippen LogP contribution in [0.4, 0.5) is 17.1 Å². The highest BCUT2D eigenvalue weighted by Crippen LogP contribution is 2.49. The minimum absolute atomic E-state index is 1.15. The molecule has 0 fully saturated rings. The first kappa shape index (κ1) is 28.3. The molecule has 3 heteroatoms. The van der Waals surface area contributed by atoms with Crippen LogP contribution in [0.1, 0.15) is 0 Å². The zero-order chi connectivity index (χ0) is 32.3. The summed E-state index contributed by atoms with van der Waals surface area (Å²) >= 11 is 3.74. The summed E-state index contributed by atoms with van der Waals surface area (Å²) in [6.07, 6.45) is 0. The zero-order valence-corrected chi connectivity index (χ0v) is 28.1. The standard InChI is InChI=1S/C46H29NS2/c1-2-12-31(13-3-1)36-26-24-32(35-19-10-15-30-14-4-5-16-34(30)35)28-41(36)47(33-25-27-38-37-17-6-8-21-42(37)49-45(38)29-33)40-20-11-23-44-46(40)39-18-7-9-22-43(39)48-44/h1-29H. The van der Waals surface area contributed by atoms with Crippen LogP contribution in [0, 0.1) is 0 Å². The van der Waals surface area contributed by atoms with Crippen molar-refractivity contribution in [2.24, 2.45) is 0 Å². The summed E-state index contributed by atoms with van der Waals surface area (Å²) in [5.41, 5.74) is 8.30. The van der Waals surface area contributed by atoms with Crippen molar-refractivity contribution in [1.29, 1.82) is 0 Å². The molecule has 10 rings (SSSR count). The number of thiophene rings is 2. The molecule has 230 valence electrons. The summed E-state index contributed by atoms with van der Waals surface area (Å²) in [5.74, 6) is 0. The molecule has 1 nitrogen and oxygen atoms in total. The first-order valence-corrected chi connectivity index (χ1v) is 18.2. The predicted octanol–water partition coefficient (Wildman–Crippen LogP) is 14.4. The van der Waals surface area contributed by atoms with Gasteiger partial charge in [-0.15, -0.1) is 22.7 Å². The maximum atomic E-state index is 2.52. The Morgan fingerprint density at radius 1 is 0.347 bits per heavy atom. The molecule has 0 aliphatic rings. The maximum absolute atomic E-state index is 2.52. The summed E-state index contributed by atoms with van der Waals surface area (Å²) in [5, 5.41) is 7.69. The Labute approximate surface area is 292 Å². The van der Waals surface area contributed by atoms with Crippen LogP contribution in [0.5, 0.6) is 0 Å². The van der Waals surface area contributed by atoms with Gasteiger partial charge in [0.2, 0.25) is 0 Å². The minimum atomic E-state index is 1.15. The second-order valence-corrected chi connectivity index (χ2v) is 14.7. The molecule has 0 unspecified atom stereocenters. The minimum Gasteiger partial charge on any atom is -0.309 e. The molecule has 10 aromatic rings. The predicted molar refractivity (Wildman–Crippen MR) is 215 cm³/mol. The van der Waals surface area contributed by atoms with E-state index in [0.717, 1.165) is 11.4 Å². The van der Waals surface area contributed by atoms with Crippen molar-refractivity contribution in [3.8, 4) is 22.3 Å². The number of nitrogens with zero attached hydrogens (tertiary/aromatic N) is 1. The van der Waals surface area contributed by atoms with Gasteiger partial charge in [0.05, 0.1) is 11.4 Å². The van der Waals surface area contributed by atoms with Crippen molar-refractivity contribution >= 4 is 90.9 Å². The van der Waals surface area contributed by atoms with Crippen LogP contribution < -0.4 is 4.90 Å². The van der Waals surface area contributed by atoms with Crippen molar-refractivity contribution in [3.63, 3.8) is 0 Å². The topological polar surface area (TPSA) is 3.24 Å². The highest BCUT2D eigenvalue weighted by Gasteiger charge is 2.23. The van der Waals surface area contributed by atoms with Gasteiger partial charge in [0.15, 0.2) is 0 Å². The number of fused-ring (bicyclic) bond motifs is 7. The Morgan fingerprint density at radius 2 is 1.00 bits per heavy atom. The number of benzene rings is 8. The summed E-state index contributed by atoms with van der Waals surface area (Å²) in [6.45, 7) is 0. The molecule has 2 heterocycles. The number of hydrogen-bond donors (Lipinski definition) is 0. The van der Waals surface area contributed by atoms with Crippen molar-refractivity contribution in [2.45, 2.75) is 0 Å². The number of rotatable bonds is 5. The lowest BCUT2D eigenvalue weighted by Gasteiger charge is -2.29.